The maximum absolute atomic E-state index is 10.3. The molecule has 2 heteroatoms. The molecule has 0 unspecified atom stereocenters. The van der Waals surface area contributed by atoms with Crippen LogP contribution in [0.2, 0.25) is 0 Å². The molecule has 0 aliphatic carbocycles. The van der Waals surface area contributed by atoms with Crippen molar-refractivity contribution in [3.63, 3.8) is 0 Å². The van der Waals surface area contributed by atoms with Gasteiger partial charge in [0.25, 0.3) is 0 Å². The standard InChI is InChI=1S/C18H26O2/c1-2-3-4-5-6-7-8-9-10-11-12-13-14-15-16-17-18(19)20/h3-4,6-7,9-10H,2,5,8,11,14-17H2,1H3,(H,19,20)/b4-3+,7-6+,10-9+. The Morgan fingerprint density at radius 1 is 0.950 bits per heavy atom. The molecule has 1 N–H and O–H groups in total. The van der Waals surface area contributed by atoms with Crippen molar-refractivity contribution >= 4 is 5.97 Å². The quantitative estimate of drug-likeness (QED) is 0.350. The topological polar surface area (TPSA) is 37.3 Å². The number of unbranched alkanes of at least 4 members (excludes halogenated alkanes) is 2. The van der Waals surface area contributed by atoms with Crippen LogP contribution < -0.4 is 0 Å². The Hall–Kier alpha value is -1.75. The fourth-order valence-corrected chi connectivity index (χ4v) is 1.50. The second kappa shape index (κ2) is 15.3. The fraction of sp³-hybridized carbons (Fsp3) is 0.500. The maximum Gasteiger partial charge on any atom is 0.303 e. The van der Waals surface area contributed by atoms with E-state index in [4.69, 9.17) is 5.11 Å². The summed E-state index contributed by atoms with van der Waals surface area (Å²) in [5, 5.41) is 8.46. The van der Waals surface area contributed by atoms with E-state index in [9.17, 15) is 4.79 Å². The predicted molar refractivity (Wildman–Crippen MR) is 85.4 cm³/mol. The highest BCUT2D eigenvalue weighted by Crippen LogP contribution is 1.98. The molecule has 2 nitrogen and oxygen atoms in total. The van der Waals surface area contributed by atoms with Crippen LogP contribution in [0.15, 0.2) is 36.5 Å². The largest absolute Gasteiger partial charge is 0.481 e. The number of carbonyl (C=O) groups is 1. The van der Waals surface area contributed by atoms with Crippen LogP contribution >= 0.6 is 0 Å². The number of rotatable bonds is 10. The number of carboxylic acids is 1. The zero-order chi connectivity index (χ0) is 14.9. The van der Waals surface area contributed by atoms with Crippen molar-refractivity contribution in [1.82, 2.24) is 0 Å². The number of hydrogen-bond donors (Lipinski definition) is 1. The molecule has 0 aromatic heterocycles. The van der Waals surface area contributed by atoms with Crippen molar-refractivity contribution in [2.75, 3.05) is 0 Å². The zero-order valence-corrected chi connectivity index (χ0v) is 12.5. The Morgan fingerprint density at radius 2 is 1.60 bits per heavy atom. The van der Waals surface area contributed by atoms with Gasteiger partial charge in [0.05, 0.1) is 0 Å². The second-order valence-electron chi connectivity index (χ2n) is 4.45. The summed E-state index contributed by atoms with van der Waals surface area (Å²) in [7, 11) is 0. The van der Waals surface area contributed by atoms with Gasteiger partial charge in [-0.3, -0.25) is 4.79 Å². The van der Waals surface area contributed by atoms with Crippen molar-refractivity contribution < 1.29 is 9.90 Å². The molecule has 0 bridgehead atoms. The van der Waals surface area contributed by atoms with Gasteiger partial charge in [-0.2, -0.15) is 0 Å². The first kappa shape index (κ1) is 18.2. The van der Waals surface area contributed by atoms with Crippen LogP contribution in [0.4, 0.5) is 0 Å². The Balaban J connectivity index is 3.43. The predicted octanol–water partition coefficient (Wildman–Crippen LogP) is 4.88. The molecule has 0 aliphatic rings. The minimum atomic E-state index is -0.723. The number of allylic oxidation sites excluding steroid dienone is 6. The van der Waals surface area contributed by atoms with Crippen LogP contribution in [0, 0.1) is 11.8 Å². The first-order valence-corrected chi connectivity index (χ1v) is 7.39. The molecule has 0 amide bonds. The van der Waals surface area contributed by atoms with Gasteiger partial charge >= 0.3 is 5.97 Å². The van der Waals surface area contributed by atoms with E-state index in [1.807, 2.05) is 0 Å². The molecule has 0 rings (SSSR count). The van der Waals surface area contributed by atoms with Crippen LogP contribution in [0.3, 0.4) is 0 Å². The van der Waals surface area contributed by atoms with Gasteiger partial charge in [-0.1, -0.05) is 49.3 Å². The highest BCUT2D eigenvalue weighted by atomic mass is 16.4. The number of carboxylic acid groups (broad SMARTS) is 1. The van der Waals surface area contributed by atoms with Gasteiger partial charge in [0.2, 0.25) is 0 Å². The van der Waals surface area contributed by atoms with Gasteiger partial charge < -0.3 is 5.11 Å². The van der Waals surface area contributed by atoms with E-state index < -0.39 is 5.97 Å². The molecule has 0 saturated carbocycles. The molecule has 0 heterocycles. The lowest BCUT2D eigenvalue weighted by Crippen LogP contribution is -1.92. The minimum absolute atomic E-state index is 0.251. The number of hydrogen-bond acceptors (Lipinski definition) is 1. The summed E-state index contributed by atoms with van der Waals surface area (Å²) in [6.07, 6.45) is 19.4. The summed E-state index contributed by atoms with van der Waals surface area (Å²) in [5.74, 6) is 5.41. The molecule has 0 radical (unpaired) electrons. The van der Waals surface area contributed by atoms with Crippen molar-refractivity contribution in [3.8, 4) is 11.8 Å². The third-order valence-electron chi connectivity index (χ3n) is 2.57. The molecule has 0 fully saturated rings. The van der Waals surface area contributed by atoms with Gasteiger partial charge in [0.1, 0.15) is 0 Å². The molecule has 0 aromatic carbocycles. The first-order chi connectivity index (χ1) is 9.77. The molecule has 20 heavy (non-hydrogen) atoms. The van der Waals surface area contributed by atoms with E-state index >= 15 is 0 Å². The van der Waals surface area contributed by atoms with Crippen LogP contribution in [0.25, 0.3) is 0 Å². The molecule has 0 spiro atoms. The van der Waals surface area contributed by atoms with Crippen molar-refractivity contribution in [2.45, 2.75) is 58.3 Å². The molecular weight excluding hydrogens is 248 g/mol. The summed E-state index contributed by atoms with van der Waals surface area (Å²) in [5.41, 5.74) is 0. The molecule has 0 atom stereocenters. The molecule has 110 valence electrons. The third kappa shape index (κ3) is 16.2. The monoisotopic (exact) mass is 274 g/mol. The van der Waals surface area contributed by atoms with Gasteiger partial charge in [-0.15, -0.1) is 5.92 Å². The Labute approximate surface area is 123 Å². The zero-order valence-electron chi connectivity index (χ0n) is 12.5. The summed E-state index contributed by atoms with van der Waals surface area (Å²) in [4.78, 5) is 10.3. The highest BCUT2D eigenvalue weighted by Gasteiger charge is 1.93. The second-order valence-corrected chi connectivity index (χ2v) is 4.45. The average Bonchev–Trinajstić information content (AvgIpc) is 2.43. The van der Waals surface area contributed by atoms with E-state index in [1.54, 1.807) is 0 Å². The van der Waals surface area contributed by atoms with Gasteiger partial charge in [0.15, 0.2) is 0 Å². The third-order valence-corrected chi connectivity index (χ3v) is 2.57. The Morgan fingerprint density at radius 3 is 2.25 bits per heavy atom. The summed E-state index contributed by atoms with van der Waals surface area (Å²) >= 11 is 0. The molecular formula is C18H26O2. The normalized spacial score (nSPS) is 11.2. The van der Waals surface area contributed by atoms with Crippen LogP contribution in [-0.4, -0.2) is 11.1 Å². The summed E-state index contributed by atoms with van der Waals surface area (Å²) in [6, 6.07) is 0. The lowest BCUT2D eigenvalue weighted by Gasteiger charge is -1.90. The smallest absolute Gasteiger partial charge is 0.303 e. The lowest BCUT2D eigenvalue weighted by molar-refractivity contribution is -0.137. The average molecular weight is 274 g/mol. The van der Waals surface area contributed by atoms with E-state index in [-0.39, 0.29) is 6.42 Å². The van der Waals surface area contributed by atoms with Crippen molar-refractivity contribution in [2.24, 2.45) is 0 Å². The first-order valence-electron chi connectivity index (χ1n) is 7.39. The van der Waals surface area contributed by atoms with Gasteiger partial charge in [-0.05, 0) is 32.1 Å². The van der Waals surface area contributed by atoms with E-state index in [0.29, 0.717) is 0 Å². The molecule has 0 aliphatic heterocycles. The van der Waals surface area contributed by atoms with E-state index in [1.165, 1.54) is 0 Å². The summed E-state index contributed by atoms with van der Waals surface area (Å²) in [6.45, 7) is 2.14. The Kier molecular flexibility index (Phi) is 14.0. The van der Waals surface area contributed by atoms with Crippen LogP contribution in [0.1, 0.15) is 58.3 Å². The van der Waals surface area contributed by atoms with Crippen LogP contribution in [0.5, 0.6) is 0 Å². The number of aliphatic carboxylic acids is 1. The highest BCUT2D eigenvalue weighted by molar-refractivity contribution is 5.66. The fourth-order valence-electron chi connectivity index (χ4n) is 1.50. The van der Waals surface area contributed by atoms with Crippen molar-refractivity contribution in [3.05, 3.63) is 36.5 Å². The van der Waals surface area contributed by atoms with E-state index in [2.05, 4.69) is 55.2 Å². The Bertz CT molecular complexity index is 378. The van der Waals surface area contributed by atoms with Gasteiger partial charge in [-0.25, -0.2) is 0 Å². The van der Waals surface area contributed by atoms with Gasteiger partial charge in [0, 0.05) is 19.3 Å². The van der Waals surface area contributed by atoms with Crippen LogP contribution in [-0.2, 0) is 4.79 Å². The molecule has 0 saturated heterocycles. The van der Waals surface area contributed by atoms with E-state index in [0.717, 1.165) is 44.9 Å². The molecule has 0 aromatic rings. The SMILES string of the molecule is CC/C=C/C/C=C/C/C=C/CC#CCCCCC(=O)O. The van der Waals surface area contributed by atoms with Crippen molar-refractivity contribution in [1.29, 1.82) is 0 Å². The maximum atomic E-state index is 10.3. The minimum Gasteiger partial charge on any atom is -0.481 e. The summed E-state index contributed by atoms with van der Waals surface area (Å²) < 4.78 is 0. The lowest BCUT2D eigenvalue weighted by atomic mass is 10.2.